The van der Waals surface area contributed by atoms with Crippen LogP contribution in [0.4, 0.5) is 4.79 Å². The van der Waals surface area contributed by atoms with Gasteiger partial charge in [-0.25, -0.2) is 4.79 Å². The molecule has 0 aliphatic rings. The van der Waals surface area contributed by atoms with E-state index in [1.54, 1.807) is 0 Å². The monoisotopic (exact) mass is 926 g/mol. The van der Waals surface area contributed by atoms with E-state index in [1.165, 1.54) is 77.0 Å². The number of nitrogens with zero attached hydrogens (tertiary/aromatic N) is 1. The second-order valence-corrected chi connectivity index (χ2v) is 17.1. The van der Waals surface area contributed by atoms with E-state index in [2.05, 4.69) is 63.8 Å². The fraction of sp³-hybridized carbons (Fsp3) is 0.849. The van der Waals surface area contributed by atoms with E-state index >= 15 is 0 Å². The van der Waals surface area contributed by atoms with Crippen molar-refractivity contribution in [1.82, 2.24) is 4.90 Å². The minimum atomic E-state index is -0.776. The van der Waals surface area contributed by atoms with Crippen LogP contribution < -0.4 is 0 Å². The number of allylic oxidation sites excluding steroid dienone is 4. The van der Waals surface area contributed by atoms with Gasteiger partial charge in [-0.2, -0.15) is 0 Å². The Morgan fingerprint density at radius 1 is 0.492 bits per heavy atom. The highest BCUT2D eigenvalue weighted by atomic mass is 16.7. The molecular formula is C53H99NO11. The lowest BCUT2D eigenvalue weighted by Crippen LogP contribution is -2.28. The van der Waals surface area contributed by atoms with Crippen molar-refractivity contribution < 1.29 is 52.7 Å². The number of hydrogen-bond donors (Lipinski definition) is 1. The summed E-state index contributed by atoms with van der Waals surface area (Å²) in [6.45, 7) is 14.9. The number of rotatable bonds is 47. The van der Waals surface area contributed by atoms with Gasteiger partial charge in [-0.05, 0) is 77.3 Å². The third kappa shape index (κ3) is 50.3. The fourth-order valence-corrected chi connectivity index (χ4v) is 6.92. The molecule has 0 amide bonds. The number of unbranched alkanes of at least 4 members (excludes halogenated alkanes) is 19. The van der Waals surface area contributed by atoms with Gasteiger partial charge in [0.25, 0.3) is 6.47 Å². The maximum atomic E-state index is 13.0. The summed E-state index contributed by atoms with van der Waals surface area (Å²) in [5.41, 5.74) is 0. The summed E-state index contributed by atoms with van der Waals surface area (Å²) in [6, 6.07) is 0. The summed E-state index contributed by atoms with van der Waals surface area (Å²) < 4.78 is 34.2. The van der Waals surface area contributed by atoms with E-state index in [0.717, 1.165) is 103 Å². The largest absolute Gasteiger partial charge is 0.508 e. The normalized spacial score (nSPS) is 11.9. The second-order valence-electron chi connectivity index (χ2n) is 17.1. The van der Waals surface area contributed by atoms with Gasteiger partial charge in [0.2, 0.25) is 0 Å². The van der Waals surface area contributed by atoms with Gasteiger partial charge in [0.1, 0.15) is 19.8 Å². The quantitative estimate of drug-likeness (QED) is 0.0155. The van der Waals surface area contributed by atoms with Crippen molar-refractivity contribution in [3.05, 3.63) is 24.3 Å². The van der Waals surface area contributed by atoms with E-state index in [9.17, 15) is 14.4 Å². The van der Waals surface area contributed by atoms with Crippen LogP contribution >= 0.6 is 0 Å². The Hall–Kier alpha value is -2.96. The van der Waals surface area contributed by atoms with Crippen LogP contribution in [0, 0.1) is 5.92 Å². The Morgan fingerprint density at radius 3 is 1.49 bits per heavy atom. The molecular weight excluding hydrogens is 827 g/mol. The van der Waals surface area contributed by atoms with Gasteiger partial charge >= 0.3 is 18.1 Å². The van der Waals surface area contributed by atoms with Crippen molar-refractivity contribution in [3.8, 4) is 0 Å². The Labute approximate surface area is 397 Å². The topological polar surface area (TPSA) is 147 Å². The molecule has 0 spiro atoms. The molecule has 0 aromatic rings. The molecule has 1 N–H and O–H groups in total. The van der Waals surface area contributed by atoms with Crippen molar-refractivity contribution in [1.29, 1.82) is 0 Å². The molecule has 65 heavy (non-hydrogen) atoms. The summed E-state index contributed by atoms with van der Waals surface area (Å²) in [6.07, 6.45) is 38.0. The van der Waals surface area contributed by atoms with Gasteiger partial charge < -0.3 is 38.4 Å². The third-order valence-electron chi connectivity index (χ3n) is 11.0. The molecule has 0 aliphatic heterocycles. The zero-order valence-corrected chi connectivity index (χ0v) is 42.4. The Morgan fingerprint density at radius 2 is 0.938 bits per heavy atom. The predicted octanol–water partition coefficient (Wildman–Crippen LogP) is 13.7. The summed E-state index contributed by atoms with van der Waals surface area (Å²) in [5.74, 6) is -1.21. The molecule has 1 atom stereocenters. The van der Waals surface area contributed by atoms with Crippen molar-refractivity contribution in [2.75, 3.05) is 59.3 Å². The van der Waals surface area contributed by atoms with Crippen LogP contribution in [-0.2, 0) is 42.8 Å². The smallest absolute Gasteiger partial charge is 0.483 e. The van der Waals surface area contributed by atoms with E-state index in [4.69, 9.17) is 38.3 Å². The van der Waals surface area contributed by atoms with Crippen LogP contribution in [0.1, 0.15) is 221 Å². The van der Waals surface area contributed by atoms with Crippen molar-refractivity contribution >= 4 is 24.6 Å². The molecule has 0 rings (SSSR count). The van der Waals surface area contributed by atoms with Gasteiger partial charge in [0.15, 0.2) is 6.29 Å². The van der Waals surface area contributed by atoms with E-state index < -0.39 is 24.3 Å². The minimum absolute atomic E-state index is 0.0199. The second kappa shape index (κ2) is 53.7. The molecule has 0 aromatic heterocycles. The molecule has 0 aliphatic carbocycles. The molecule has 382 valence electrons. The molecule has 0 saturated carbocycles. The highest BCUT2D eigenvalue weighted by molar-refractivity contribution is 5.69. The van der Waals surface area contributed by atoms with Crippen LogP contribution in [0.15, 0.2) is 24.3 Å². The van der Waals surface area contributed by atoms with Crippen molar-refractivity contribution in [2.24, 2.45) is 5.92 Å². The maximum absolute atomic E-state index is 13.0. The zero-order valence-electron chi connectivity index (χ0n) is 42.4. The molecule has 0 bridgehead atoms. The van der Waals surface area contributed by atoms with Gasteiger partial charge in [-0.3, -0.25) is 14.4 Å². The van der Waals surface area contributed by atoms with Gasteiger partial charge in [-0.1, -0.05) is 162 Å². The molecule has 12 nitrogen and oxygen atoms in total. The molecule has 0 aromatic carbocycles. The van der Waals surface area contributed by atoms with Gasteiger partial charge in [-0.15, -0.1) is 0 Å². The maximum Gasteiger partial charge on any atom is 0.508 e. The molecule has 0 radical (unpaired) electrons. The number of carboxylic acid groups (broad SMARTS) is 1. The average Bonchev–Trinajstić information content (AvgIpc) is 3.30. The Balaban J connectivity index is 0. The number of hydrogen-bond acceptors (Lipinski definition) is 11. The summed E-state index contributed by atoms with van der Waals surface area (Å²) in [5, 5.41) is 6.89. The predicted molar refractivity (Wildman–Crippen MR) is 264 cm³/mol. The first-order valence-electron chi connectivity index (χ1n) is 26.3. The molecule has 1 unspecified atom stereocenters. The Bertz CT molecular complexity index is 1080. The fourth-order valence-electron chi connectivity index (χ4n) is 6.92. The lowest BCUT2D eigenvalue weighted by molar-refractivity contribution is -0.161. The summed E-state index contributed by atoms with van der Waals surface area (Å²) >= 11 is 0. The first-order valence-corrected chi connectivity index (χ1v) is 26.3. The molecule has 0 heterocycles. The molecule has 0 saturated heterocycles. The lowest BCUT2D eigenvalue weighted by Gasteiger charge is -2.20. The SMILES string of the molecule is CCCCC/C=C\C/C=C\CCCCCCCC(=O)OCC(COC(=O)CCC(OCCCCCCCC)OCCCCCCCC)COC(=O)OCCCN(CC)CCCC.O=CO. The van der Waals surface area contributed by atoms with Crippen molar-refractivity contribution in [3.63, 3.8) is 0 Å². The lowest BCUT2D eigenvalue weighted by atomic mass is 10.1. The van der Waals surface area contributed by atoms with Crippen LogP contribution in [0.5, 0.6) is 0 Å². The number of ether oxygens (including phenoxy) is 6. The molecule has 0 fully saturated rings. The third-order valence-corrected chi connectivity index (χ3v) is 11.0. The zero-order chi connectivity index (χ0) is 48.1. The van der Waals surface area contributed by atoms with E-state index in [1.807, 2.05) is 0 Å². The van der Waals surface area contributed by atoms with Crippen LogP contribution in [0.2, 0.25) is 0 Å². The van der Waals surface area contributed by atoms with Crippen LogP contribution in [0.3, 0.4) is 0 Å². The van der Waals surface area contributed by atoms with Crippen molar-refractivity contribution in [2.45, 2.75) is 227 Å². The van der Waals surface area contributed by atoms with E-state index in [-0.39, 0.29) is 45.3 Å². The first-order chi connectivity index (χ1) is 31.8. The highest BCUT2D eigenvalue weighted by Crippen LogP contribution is 2.14. The van der Waals surface area contributed by atoms with Gasteiger partial charge in [0.05, 0.1) is 18.9 Å². The molecule has 12 heteroatoms. The summed E-state index contributed by atoms with van der Waals surface area (Å²) in [4.78, 5) is 48.9. The van der Waals surface area contributed by atoms with E-state index in [0.29, 0.717) is 32.5 Å². The standard InChI is InChI=1S/C52H97NO9.CH2O2/c1-6-11-15-18-21-22-23-24-25-26-27-28-29-30-33-37-49(54)60-45-48(47-62-52(56)59-44-36-41-53(10-5)40-14-9-4)46-61-50(55)38-39-51(57-42-34-31-19-16-12-7-2)58-43-35-32-20-17-13-8-3;2-1-3/h21-22,24-25,48,51H,6-20,23,26-47H2,1-5H3;1H,(H,2,3)/b22-21-,25-24-;. The van der Waals surface area contributed by atoms with Crippen LogP contribution in [0.25, 0.3) is 0 Å². The minimum Gasteiger partial charge on any atom is -0.483 e. The number of esters is 2. The average molecular weight is 926 g/mol. The van der Waals surface area contributed by atoms with Crippen LogP contribution in [-0.4, -0.2) is 100 Å². The first kappa shape index (κ1) is 64.1. The Kier molecular flexibility index (Phi) is 52.9. The van der Waals surface area contributed by atoms with Gasteiger partial charge in [0, 0.05) is 32.6 Å². The summed E-state index contributed by atoms with van der Waals surface area (Å²) in [7, 11) is 0. The highest BCUT2D eigenvalue weighted by Gasteiger charge is 2.20. The number of carbonyl (C=O) groups excluding carboxylic acids is 3. The number of carbonyl (C=O) groups is 4.